The van der Waals surface area contributed by atoms with Crippen molar-refractivity contribution in [2.75, 3.05) is 0 Å². The van der Waals surface area contributed by atoms with Gasteiger partial charge in [-0.05, 0) is 25.3 Å². The van der Waals surface area contributed by atoms with Crippen LogP contribution < -0.4 is 5.32 Å². The summed E-state index contributed by atoms with van der Waals surface area (Å²) < 4.78 is 0. The first-order valence-electron chi connectivity index (χ1n) is 5.91. The summed E-state index contributed by atoms with van der Waals surface area (Å²) in [6, 6.07) is 3.92. The first-order chi connectivity index (χ1) is 9.38. The molecule has 20 heavy (non-hydrogen) atoms. The van der Waals surface area contributed by atoms with Crippen molar-refractivity contribution in [3.63, 3.8) is 0 Å². The van der Waals surface area contributed by atoms with E-state index in [0.717, 1.165) is 9.88 Å². The van der Waals surface area contributed by atoms with Crippen molar-refractivity contribution in [3.05, 3.63) is 28.6 Å². The van der Waals surface area contributed by atoms with Gasteiger partial charge < -0.3 is 10.4 Å². The quantitative estimate of drug-likeness (QED) is 0.888. The van der Waals surface area contributed by atoms with Gasteiger partial charge in [0.1, 0.15) is 10.5 Å². The number of amides is 1. The molecule has 5 nitrogen and oxygen atoms in total. The predicted octanol–water partition coefficient (Wildman–Crippen LogP) is 2.39. The van der Waals surface area contributed by atoms with E-state index < -0.39 is 11.5 Å². The SMILES string of the molecule is CC(C)(NC(=O)Cc1csc(-c2cccs2)n1)C(=O)O. The monoisotopic (exact) mass is 310 g/mol. The molecule has 106 valence electrons. The highest BCUT2D eigenvalue weighted by atomic mass is 32.1. The maximum Gasteiger partial charge on any atom is 0.328 e. The van der Waals surface area contributed by atoms with Crippen LogP contribution in [0.3, 0.4) is 0 Å². The fraction of sp³-hybridized carbons (Fsp3) is 0.308. The van der Waals surface area contributed by atoms with E-state index in [1.807, 2.05) is 22.9 Å². The number of carboxylic acids is 1. The van der Waals surface area contributed by atoms with E-state index in [9.17, 15) is 9.59 Å². The van der Waals surface area contributed by atoms with Crippen LogP contribution in [-0.4, -0.2) is 27.5 Å². The topological polar surface area (TPSA) is 79.3 Å². The van der Waals surface area contributed by atoms with E-state index in [2.05, 4.69) is 10.3 Å². The Kier molecular flexibility index (Phi) is 4.20. The summed E-state index contributed by atoms with van der Waals surface area (Å²) in [5, 5.41) is 16.1. The number of hydrogen-bond acceptors (Lipinski definition) is 5. The fourth-order valence-corrected chi connectivity index (χ4v) is 3.15. The van der Waals surface area contributed by atoms with Crippen molar-refractivity contribution in [1.29, 1.82) is 0 Å². The molecule has 2 aromatic rings. The number of aromatic nitrogens is 1. The van der Waals surface area contributed by atoms with Gasteiger partial charge in [-0.3, -0.25) is 4.79 Å². The van der Waals surface area contributed by atoms with E-state index in [1.54, 1.807) is 11.3 Å². The molecular formula is C13H14N2O3S2. The number of aliphatic carboxylic acids is 1. The Labute approximate surface area is 124 Å². The number of hydrogen-bond donors (Lipinski definition) is 2. The molecule has 0 atom stereocenters. The molecule has 0 fully saturated rings. The number of thiazole rings is 1. The lowest BCUT2D eigenvalue weighted by Crippen LogP contribution is -2.50. The van der Waals surface area contributed by atoms with Crippen molar-refractivity contribution in [2.24, 2.45) is 0 Å². The van der Waals surface area contributed by atoms with Crippen LogP contribution in [0, 0.1) is 0 Å². The van der Waals surface area contributed by atoms with Gasteiger partial charge in [-0.15, -0.1) is 22.7 Å². The van der Waals surface area contributed by atoms with Gasteiger partial charge in [0.15, 0.2) is 0 Å². The van der Waals surface area contributed by atoms with Gasteiger partial charge >= 0.3 is 5.97 Å². The molecule has 2 rings (SSSR count). The molecule has 0 aliphatic carbocycles. The third-order valence-electron chi connectivity index (χ3n) is 2.61. The van der Waals surface area contributed by atoms with Gasteiger partial charge in [0.2, 0.25) is 5.91 Å². The maximum atomic E-state index is 11.8. The minimum atomic E-state index is -1.27. The summed E-state index contributed by atoms with van der Waals surface area (Å²) in [6.07, 6.45) is 0.0819. The highest BCUT2D eigenvalue weighted by Gasteiger charge is 2.29. The fourth-order valence-electron chi connectivity index (χ4n) is 1.51. The Morgan fingerprint density at radius 1 is 1.40 bits per heavy atom. The van der Waals surface area contributed by atoms with Gasteiger partial charge in [-0.25, -0.2) is 9.78 Å². The van der Waals surface area contributed by atoms with Crippen molar-refractivity contribution in [3.8, 4) is 9.88 Å². The first-order valence-corrected chi connectivity index (χ1v) is 7.67. The van der Waals surface area contributed by atoms with Crippen LogP contribution in [0.1, 0.15) is 19.5 Å². The largest absolute Gasteiger partial charge is 0.480 e. The molecule has 0 spiro atoms. The zero-order chi connectivity index (χ0) is 14.8. The van der Waals surface area contributed by atoms with E-state index in [0.29, 0.717) is 5.69 Å². The van der Waals surface area contributed by atoms with Gasteiger partial charge in [0.25, 0.3) is 0 Å². The second-order valence-corrected chi connectivity index (χ2v) is 6.58. The lowest BCUT2D eigenvalue weighted by atomic mass is 10.1. The molecule has 2 N–H and O–H groups in total. The second kappa shape index (κ2) is 5.72. The number of carbonyl (C=O) groups is 2. The van der Waals surface area contributed by atoms with Gasteiger partial charge in [-0.1, -0.05) is 6.07 Å². The van der Waals surface area contributed by atoms with Crippen LogP contribution in [-0.2, 0) is 16.0 Å². The molecule has 0 aliphatic rings. The lowest BCUT2D eigenvalue weighted by Gasteiger charge is -2.20. The van der Waals surface area contributed by atoms with Crippen molar-refractivity contribution in [1.82, 2.24) is 10.3 Å². The van der Waals surface area contributed by atoms with E-state index in [4.69, 9.17) is 5.11 Å². The van der Waals surface area contributed by atoms with Crippen LogP contribution in [0.25, 0.3) is 9.88 Å². The molecule has 1 amide bonds. The first kappa shape index (κ1) is 14.7. The molecular weight excluding hydrogens is 296 g/mol. The van der Waals surface area contributed by atoms with Crippen LogP contribution >= 0.6 is 22.7 Å². The molecule has 0 saturated heterocycles. The van der Waals surface area contributed by atoms with Crippen molar-refractivity contribution >= 4 is 34.6 Å². The van der Waals surface area contributed by atoms with Crippen LogP contribution in [0.5, 0.6) is 0 Å². The average molecular weight is 310 g/mol. The Balaban J connectivity index is 2.01. The summed E-state index contributed by atoms with van der Waals surface area (Å²) in [6.45, 7) is 2.90. The summed E-state index contributed by atoms with van der Waals surface area (Å²) in [7, 11) is 0. The Bertz CT molecular complexity index is 617. The highest BCUT2D eigenvalue weighted by molar-refractivity contribution is 7.20. The third-order valence-corrected chi connectivity index (χ3v) is 4.54. The van der Waals surface area contributed by atoms with Gasteiger partial charge in [-0.2, -0.15) is 0 Å². The number of nitrogens with one attached hydrogen (secondary N) is 1. The Morgan fingerprint density at radius 2 is 2.15 bits per heavy atom. The molecule has 0 radical (unpaired) electrons. The molecule has 2 heterocycles. The molecule has 0 aliphatic heterocycles. The number of nitrogens with zero attached hydrogens (tertiary/aromatic N) is 1. The minimum absolute atomic E-state index is 0.0819. The average Bonchev–Trinajstić information content (AvgIpc) is 2.97. The van der Waals surface area contributed by atoms with Crippen LogP contribution in [0.15, 0.2) is 22.9 Å². The smallest absolute Gasteiger partial charge is 0.328 e. The summed E-state index contributed by atoms with van der Waals surface area (Å²) in [4.78, 5) is 28.2. The number of thiophene rings is 1. The zero-order valence-corrected chi connectivity index (χ0v) is 12.7. The summed E-state index contributed by atoms with van der Waals surface area (Å²) >= 11 is 3.07. The van der Waals surface area contributed by atoms with E-state index in [1.165, 1.54) is 25.2 Å². The highest BCUT2D eigenvalue weighted by Crippen LogP contribution is 2.27. The molecule has 0 saturated carbocycles. The van der Waals surface area contributed by atoms with Crippen molar-refractivity contribution in [2.45, 2.75) is 25.8 Å². The standard InChI is InChI=1S/C13H14N2O3S2/c1-13(2,12(17)18)15-10(16)6-8-7-20-11(14-8)9-4-3-5-19-9/h3-5,7H,6H2,1-2H3,(H,15,16)(H,17,18). The third kappa shape index (κ3) is 3.43. The number of rotatable bonds is 5. The molecule has 0 unspecified atom stereocenters. The van der Waals surface area contributed by atoms with E-state index in [-0.39, 0.29) is 12.3 Å². The summed E-state index contributed by atoms with van der Waals surface area (Å²) in [5.41, 5.74) is -0.624. The van der Waals surface area contributed by atoms with Crippen LogP contribution in [0.4, 0.5) is 0 Å². The molecule has 2 aromatic heterocycles. The van der Waals surface area contributed by atoms with Gasteiger partial charge in [0.05, 0.1) is 17.0 Å². The van der Waals surface area contributed by atoms with E-state index >= 15 is 0 Å². The van der Waals surface area contributed by atoms with Crippen LogP contribution in [0.2, 0.25) is 0 Å². The molecule has 0 bridgehead atoms. The lowest BCUT2D eigenvalue weighted by molar-refractivity contribution is -0.145. The van der Waals surface area contributed by atoms with Crippen molar-refractivity contribution < 1.29 is 14.7 Å². The molecule has 0 aromatic carbocycles. The number of carbonyl (C=O) groups excluding carboxylic acids is 1. The number of carboxylic acid groups (broad SMARTS) is 1. The normalized spacial score (nSPS) is 11.3. The summed E-state index contributed by atoms with van der Waals surface area (Å²) in [5.74, 6) is -1.41. The zero-order valence-electron chi connectivity index (χ0n) is 11.0. The maximum absolute atomic E-state index is 11.8. The second-order valence-electron chi connectivity index (χ2n) is 4.78. The Morgan fingerprint density at radius 3 is 2.75 bits per heavy atom. The van der Waals surface area contributed by atoms with Gasteiger partial charge in [0, 0.05) is 5.38 Å². The Hall–Kier alpha value is -1.73. The molecule has 7 heteroatoms. The predicted molar refractivity (Wildman–Crippen MR) is 79.0 cm³/mol. The minimum Gasteiger partial charge on any atom is -0.480 e.